The van der Waals surface area contributed by atoms with Gasteiger partial charge in [-0.3, -0.25) is 0 Å². The highest BCUT2D eigenvalue weighted by Gasteiger charge is 2.13. The molecule has 9 heteroatoms. The van der Waals surface area contributed by atoms with Crippen LogP contribution in [0.1, 0.15) is 10.4 Å². The van der Waals surface area contributed by atoms with Gasteiger partial charge in [0, 0.05) is 6.26 Å². The number of hydrogen-bond acceptors (Lipinski definition) is 5. The fraction of sp³-hybridized carbons (Fsp3) is 0.100. The number of aromatic nitrogens is 3. The highest BCUT2D eigenvalue weighted by molar-refractivity contribution is 7.90. The molecule has 1 N–H and O–H groups in total. The van der Waals surface area contributed by atoms with Crippen LogP contribution in [0.3, 0.4) is 0 Å². The van der Waals surface area contributed by atoms with E-state index in [1.165, 1.54) is 18.3 Å². The summed E-state index contributed by atoms with van der Waals surface area (Å²) in [5, 5.41) is 12.7. The van der Waals surface area contributed by atoms with E-state index in [1.807, 2.05) is 0 Å². The fourth-order valence-electron chi connectivity index (χ4n) is 1.35. The SMILES string of the molecule is CS(=O)(=O)c1cnn(-c2cc(C(=O)O)cc(Cl)n2)c1. The maximum absolute atomic E-state index is 11.3. The molecule has 2 aromatic rings. The highest BCUT2D eigenvalue weighted by atomic mass is 35.5. The number of aromatic carboxylic acids is 1. The van der Waals surface area contributed by atoms with Gasteiger partial charge in [0.25, 0.3) is 0 Å². The zero-order valence-corrected chi connectivity index (χ0v) is 11.2. The van der Waals surface area contributed by atoms with E-state index in [4.69, 9.17) is 16.7 Å². The van der Waals surface area contributed by atoms with Crippen molar-refractivity contribution in [3.63, 3.8) is 0 Å². The molecular weight excluding hydrogens is 294 g/mol. The summed E-state index contributed by atoms with van der Waals surface area (Å²) in [5.74, 6) is -1.04. The summed E-state index contributed by atoms with van der Waals surface area (Å²) < 4.78 is 23.8. The van der Waals surface area contributed by atoms with Crippen LogP contribution in [-0.2, 0) is 9.84 Å². The number of halogens is 1. The maximum Gasteiger partial charge on any atom is 0.335 e. The third-order valence-electron chi connectivity index (χ3n) is 2.25. The molecule has 7 nitrogen and oxygen atoms in total. The van der Waals surface area contributed by atoms with Gasteiger partial charge in [-0.25, -0.2) is 22.9 Å². The molecule has 0 fully saturated rings. The second kappa shape index (κ2) is 4.63. The average molecular weight is 302 g/mol. The summed E-state index contributed by atoms with van der Waals surface area (Å²) in [4.78, 5) is 14.8. The van der Waals surface area contributed by atoms with E-state index in [9.17, 15) is 13.2 Å². The summed E-state index contributed by atoms with van der Waals surface area (Å²) >= 11 is 5.71. The lowest BCUT2D eigenvalue weighted by molar-refractivity contribution is 0.0696. The lowest BCUT2D eigenvalue weighted by Crippen LogP contribution is -2.03. The minimum absolute atomic E-state index is 0.00569. The third kappa shape index (κ3) is 2.91. The molecule has 0 saturated heterocycles. The van der Waals surface area contributed by atoms with Crippen molar-refractivity contribution in [1.29, 1.82) is 0 Å². The van der Waals surface area contributed by atoms with E-state index in [0.717, 1.165) is 17.1 Å². The van der Waals surface area contributed by atoms with Gasteiger partial charge in [-0.1, -0.05) is 11.6 Å². The van der Waals surface area contributed by atoms with Gasteiger partial charge in [-0.2, -0.15) is 5.10 Å². The number of rotatable bonds is 3. The van der Waals surface area contributed by atoms with Crippen LogP contribution in [0.5, 0.6) is 0 Å². The summed E-state index contributed by atoms with van der Waals surface area (Å²) in [5.41, 5.74) is -0.0635. The monoisotopic (exact) mass is 301 g/mol. The van der Waals surface area contributed by atoms with E-state index in [0.29, 0.717) is 0 Å². The van der Waals surface area contributed by atoms with Crippen LogP contribution in [0.15, 0.2) is 29.4 Å². The molecule has 0 aliphatic carbocycles. The van der Waals surface area contributed by atoms with Crippen LogP contribution >= 0.6 is 11.6 Å². The molecule has 0 bridgehead atoms. The Kier molecular flexibility index (Phi) is 3.29. The molecule has 0 unspecified atom stereocenters. The Hall–Kier alpha value is -1.93. The number of hydrogen-bond donors (Lipinski definition) is 1. The Morgan fingerprint density at radius 1 is 1.42 bits per heavy atom. The van der Waals surface area contributed by atoms with Gasteiger partial charge in [0.05, 0.1) is 18.0 Å². The lowest BCUT2D eigenvalue weighted by Gasteiger charge is -2.02. The van der Waals surface area contributed by atoms with Crippen LogP contribution < -0.4 is 0 Å². The minimum atomic E-state index is -3.39. The Bertz CT molecular complexity index is 754. The molecule has 0 spiro atoms. The van der Waals surface area contributed by atoms with E-state index >= 15 is 0 Å². The first-order valence-electron chi connectivity index (χ1n) is 4.93. The van der Waals surface area contributed by atoms with Crippen molar-refractivity contribution in [2.75, 3.05) is 6.26 Å². The predicted molar refractivity (Wildman–Crippen MR) is 66.4 cm³/mol. The molecule has 0 aromatic carbocycles. The summed E-state index contributed by atoms with van der Waals surface area (Å²) in [6.07, 6.45) is 3.43. The topological polar surface area (TPSA) is 102 Å². The lowest BCUT2D eigenvalue weighted by atomic mass is 10.2. The third-order valence-corrected chi connectivity index (χ3v) is 3.51. The molecule has 0 saturated carbocycles. The maximum atomic E-state index is 11.3. The van der Waals surface area contributed by atoms with Gasteiger partial charge < -0.3 is 5.11 Å². The standard InChI is InChI=1S/C10H8ClN3O4S/c1-19(17,18)7-4-12-14(5-7)9-3-6(10(15)16)2-8(11)13-9/h2-5H,1H3,(H,15,16). The summed E-state index contributed by atoms with van der Waals surface area (Å²) in [6, 6.07) is 2.43. The smallest absolute Gasteiger partial charge is 0.335 e. The van der Waals surface area contributed by atoms with Gasteiger partial charge >= 0.3 is 5.97 Å². The first kappa shape index (κ1) is 13.5. The predicted octanol–water partition coefficient (Wildman–Crippen LogP) is 1.02. The van der Waals surface area contributed by atoms with Crippen LogP contribution in [0.4, 0.5) is 0 Å². The molecule has 2 heterocycles. The number of carbonyl (C=O) groups is 1. The van der Waals surface area contributed by atoms with Crippen molar-refractivity contribution >= 4 is 27.4 Å². The summed E-state index contributed by atoms with van der Waals surface area (Å²) in [6.45, 7) is 0. The number of sulfone groups is 1. The van der Waals surface area contributed by atoms with Crippen LogP contribution in [0, 0.1) is 0 Å². The Morgan fingerprint density at radius 3 is 2.63 bits per heavy atom. The molecule has 2 rings (SSSR count). The largest absolute Gasteiger partial charge is 0.478 e. The molecule has 0 amide bonds. The van der Waals surface area contributed by atoms with Crippen molar-refractivity contribution in [2.24, 2.45) is 0 Å². The Morgan fingerprint density at radius 2 is 2.11 bits per heavy atom. The zero-order chi connectivity index (χ0) is 14.2. The van der Waals surface area contributed by atoms with Crippen molar-refractivity contribution in [3.8, 4) is 5.82 Å². The fourth-order valence-corrected chi connectivity index (χ4v) is 2.08. The van der Waals surface area contributed by atoms with E-state index in [2.05, 4.69) is 10.1 Å². The molecule has 0 aliphatic heterocycles. The Labute approximate surface area is 113 Å². The molecule has 0 aliphatic rings. The summed E-state index contributed by atoms with van der Waals surface area (Å²) in [7, 11) is -3.39. The van der Waals surface area contributed by atoms with E-state index < -0.39 is 15.8 Å². The molecule has 19 heavy (non-hydrogen) atoms. The molecular formula is C10H8ClN3O4S. The second-order valence-corrected chi connectivity index (χ2v) is 6.14. The normalized spacial score (nSPS) is 11.5. The van der Waals surface area contributed by atoms with Crippen molar-refractivity contribution in [1.82, 2.24) is 14.8 Å². The van der Waals surface area contributed by atoms with Gasteiger partial charge in [0.1, 0.15) is 10.0 Å². The first-order chi connectivity index (χ1) is 8.77. The number of carboxylic acid groups (broad SMARTS) is 1. The van der Waals surface area contributed by atoms with Crippen LogP contribution in [-0.4, -0.2) is 40.5 Å². The average Bonchev–Trinajstić information content (AvgIpc) is 2.76. The molecule has 0 atom stereocenters. The van der Waals surface area contributed by atoms with E-state index in [1.54, 1.807) is 0 Å². The molecule has 0 radical (unpaired) electrons. The van der Waals surface area contributed by atoms with E-state index in [-0.39, 0.29) is 21.4 Å². The number of nitrogens with zero attached hydrogens (tertiary/aromatic N) is 3. The quantitative estimate of drug-likeness (QED) is 0.849. The van der Waals surface area contributed by atoms with Crippen molar-refractivity contribution < 1.29 is 18.3 Å². The second-order valence-electron chi connectivity index (χ2n) is 3.73. The molecule has 2 aromatic heterocycles. The van der Waals surface area contributed by atoms with Gasteiger partial charge in [0.2, 0.25) is 0 Å². The highest BCUT2D eigenvalue weighted by Crippen LogP contribution is 2.15. The minimum Gasteiger partial charge on any atom is -0.478 e. The van der Waals surface area contributed by atoms with Gasteiger partial charge in [0.15, 0.2) is 15.7 Å². The van der Waals surface area contributed by atoms with Crippen LogP contribution in [0.25, 0.3) is 5.82 Å². The van der Waals surface area contributed by atoms with Crippen molar-refractivity contribution in [3.05, 3.63) is 35.2 Å². The van der Waals surface area contributed by atoms with Crippen LogP contribution in [0.2, 0.25) is 5.15 Å². The van der Waals surface area contributed by atoms with Gasteiger partial charge in [-0.15, -0.1) is 0 Å². The van der Waals surface area contributed by atoms with Gasteiger partial charge in [-0.05, 0) is 12.1 Å². The first-order valence-corrected chi connectivity index (χ1v) is 7.20. The van der Waals surface area contributed by atoms with Crippen molar-refractivity contribution in [2.45, 2.75) is 4.90 Å². The number of pyridine rings is 1. The number of carboxylic acids is 1. The Balaban J connectivity index is 2.53. The molecule has 100 valence electrons. The zero-order valence-electron chi connectivity index (χ0n) is 9.61.